The van der Waals surface area contributed by atoms with Crippen LogP contribution in [0, 0.1) is 6.92 Å². The highest BCUT2D eigenvalue weighted by atomic mass is 19.3. The van der Waals surface area contributed by atoms with Crippen molar-refractivity contribution in [1.29, 1.82) is 0 Å². The molecule has 0 radical (unpaired) electrons. The van der Waals surface area contributed by atoms with E-state index in [2.05, 4.69) is 20.4 Å². The highest BCUT2D eigenvalue weighted by Gasteiger charge is 2.23. The zero-order valence-electron chi connectivity index (χ0n) is 14.4. The van der Waals surface area contributed by atoms with Crippen molar-refractivity contribution in [3.8, 4) is 5.75 Å². The first-order valence-electron chi connectivity index (χ1n) is 8.21. The van der Waals surface area contributed by atoms with Crippen LogP contribution in [0.15, 0.2) is 53.5 Å². The summed E-state index contributed by atoms with van der Waals surface area (Å²) in [6, 6.07) is 12.5. The molecular weight excluding hydrogens is 356 g/mol. The molecule has 8 heteroatoms. The van der Waals surface area contributed by atoms with Gasteiger partial charge < -0.3 is 4.74 Å². The van der Waals surface area contributed by atoms with Gasteiger partial charge in [-0.1, -0.05) is 29.8 Å². The highest BCUT2D eigenvalue weighted by molar-refractivity contribution is 6.10. The minimum atomic E-state index is -2.94. The number of amides is 2. The van der Waals surface area contributed by atoms with Crippen LogP contribution < -0.4 is 15.4 Å². The van der Waals surface area contributed by atoms with Gasteiger partial charge in [0, 0.05) is 5.56 Å². The molecule has 0 unspecified atom stereocenters. The average Bonchev–Trinajstić information content (AvgIpc) is 2.62. The van der Waals surface area contributed by atoms with Crippen molar-refractivity contribution in [2.75, 3.05) is 0 Å². The number of hydrogen-bond donors (Lipinski definition) is 2. The molecular formula is C19H17F2N3O3. The molecule has 2 amide bonds. The Morgan fingerprint density at radius 2 is 1.85 bits per heavy atom. The van der Waals surface area contributed by atoms with Crippen molar-refractivity contribution in [2.24, 2.45) is 4.99 Å². The predicted molar refractivity (Wildman–Crippen MR) is 94.7 cm³/mol. The van der Waals surface area contributed by atoms with E-state index in [1.165, 1.54) is 24.3 Å². The Kier molecular flexibility index (Phi) is 5.44. The second kappa shape index (κ2) is 7.94. The molecule has 2 aromatic carbocycles. The van der Waals surface area contributed by atoms with Gasteiger partial charge in [-0.3, -0.25) is 20.2 Å². The summed E-state index contributed by atoms with van der Waals surface area (Å²) < 4.78 is 28.6. The van der Waals surface area contributed by atoms with Crippen LogP contribution in [0.2, 0.25) is 0 Å². The summed E-state index contributed by atoms with van der Waals surface area (Å²) in [6.45, 7) is -0.973. The van der Waals surface area contributed by atoms with E-state index in [1.54, 1.807) is 0 Å². The number of guanidine groups is 1. The smallest absolute Gasteiger partial charge is 0.387 e. The minimum absolute atomic E-state index is 0.0507. The number of alkyl halides is 2. The average molecular weight is 373 g/mol. The second-order valence-electron chi connectivity index (χ2n) is 6.01. The van der Waals surface area contributed by atoms with Crippen molar-refractivity contribution < 1.29 is 23.1 Å². The van der Waals surface area contributed by atoms with Crippen LogP contribution in [0.3, 0.4) is 0 Å². The van der Waals surface area contributed by atoms with Gasteiger partial charge >= 0.3 is 6.61 Å². The zero-order valence-corrected chi connectivity index (χ0v) is 14.4. The quantitative estimate of drug-likeness (QED) is 0.865. The summed E-state index contributed by atoms with van der Waals surface area (Å²) in [4.78, 5) is 28.7. The topological polar surface area (TPSA) is 79.8 Å². The molecule has 0 fully saturated rings. The number of carbonyl (C=O) groups is 2. The predicted octanol–water partition coefficient (Wildman–Crippen LogP) is 2.94. The Bertz CT molecular complexity index is 865. The zero-order chi connectivity index (χ0) is 19.4. The molecule has 140 valence electrons. The van der Waals surface area contributed by atoms with Gasteiger partial charge in [-0.2, -0.15) is 8.78 Å². The van der Waals surface area contributed by atoms with Crippen LogP contribution >= 0.6 is 0 Å². The third-order valence-corrected chi connectivity index (χ3v) is 3.96. The number of aryl methyl sites for hydroxylation is 1. The second-order valence-corrected chi connectivity index (χ2v) is 6.01. The van der Waals surface area contributed by atoms with E-state index in [4.69, 9.17) is 0 Å². The number of hydrogen-bond acceptors (Lipinski definition) is 4. The van der Waals surface area contributed by atoms with E-state index in [1.807, 2.05) is 31.2 Å². The van der Waals surface area contributed by atoms with E-state index in [9.17, 15) is 18.4 Å². The lowest BCUT2D eigenvalue weighted by atomic mass is 10.0. The van der Waals surface area contributed by atoms with Crippen LogP contribution in [-0.2, 0) is 4.79 Å². The van der Waals surface area contributed by atoms with Gasteiger partial charge in [-0.25, -0.2) is 4.99 Å². The van der Waals surface area contributed by atoms with E-state index in [0.717, 1.165) is 11.1 Å². The normalized spacial score (nSPS) is 16.5. The standard InChI is InChI=1S/C19H17F2N3O3/c1-11-2-4-12(5-3-11)15-10-16(25)23-19(22-15)24-17(26)13-6-8-14(9-7-13)27-18(20)21/h2-9,15,18H,10H2,1H3,(H2,22,23,24,25,26)/t15-/m0/s1. The van der Waals surface area contributed by atoms with Crippen molar-refractivity contribution in [2.45, 2.75) is 26.0 Å². The first-order chi connectivity index (χ1) is 12.9. The third-order valence-electron chi connectivity index (χ3n) is 3.96. The third kappa shape index (κ3) is 4.87. The largest absolute Gasteiger partial charge is 0.435 e. The molecule has 1 heterocycles. The number of carbonyl (C=O) groups excluding carboxylic acids is 2. The molecule has 27 heavy (non-hydrogen) atoms. The first kappa shape index (κ1) is 18.5. The van der Waals surface area contributed by atoms with Gasteiger partial charge in [0.25, 0.3) is 5.91 Å². The lowest BCUT2D eigenvalue weighted by Gasteiger charge is -2.21. The molecule has 2 aromatic rings. The molecule has 0 saturated carbocycles. The molecule has 2 N–H and O–H groups in total. The van der Waals surface area contributed by atoms with Crippen molar-refractivity contribution >= 4 is 17.8 Å². The summed E-state index contributed by atoms with van der Waals surface area (Å²) in [7, 11) is 0. The molecule has 0 aliphatic carbocycles. The lowest BCUT2D eigenvalue weighted by molar-refractivity contribution is -0.120. The SMILES string of the molecule is Cc1ccc([C@@H]2CC(=O)NC(NC(=O)c3ccc(OC(F)F)cc3)=N2)cc1. The van der Waals surface area contributed by atoms with Crippen LogP contribution in [0.5, 0.6) is 5.75 Å². The Labute approximate surface area is 154 Å². The van der Waals surface area contributed by atoms with E-state index in [0.29, 0.717) is 0 Å². The molecule has 1 aliphatic heterocycles. The maximum atomic E-state index is 12.3. The number of benzene rings is 2. The first-order valence-corrected chi connectivity index (χ1v) is 8.21. The van der Waals surface area contributed by atoms with Crippen LogP contribution in [0.4, 0.5) is 8.78 Å². The minimum Gasteiger partial charge on any atom is -0.435 e. The number of aliphatic imine (C=N–C) groups is 1. The molecule has 0 saturated heterocycles. The van der Waals surface area contributed by atoms with Gasteiger partial charge in [-0.05, 0) is 36.8 Å². The van der Waals surface area contributed by atoms with Crippen molar-refractivity contribution in [3.63, 3.8) is 0 Å². The Morgan fingerprint density at radius 3 is 2.48 bits per heavy atom. The molecule has 1 aliphatic rings. The van der Waals surface area contributed by atoms with Gasteiger partial charge in [0.05, 0.1) is 12.5 Å². The summed E-state index contributed by atoms with van der Waals surface area (Å²) in [5, 5.41) is 5.05. The number of nitrogens with zero attached hydrogens (tertiary/aromatic N) is 1. The lowest BCUT2D eigenvalue weighted by Crippen LogP contribution is -2.47. The van der Waals surface area contributed by atoms with Crippen molar-refractivity contribution in [3.05, 3.63) is 65.2 Å². The van der Waals surface area contributed by atoms with Gasteiger partial charge in [0.2, 0.25) is 11.9 Å². The van der Waals surface area contributed by atoms with Gasteiger partial charge in [0.1, 0.15) is 5.75 Å². The fourth-order valence-corrected chi connectivity index (χ4v) is 2.60. The van der Waals surface area contributed by atoms with E-state index < -0.39 is 18.6 Å². The molecule has 6 nitrogen and oxygen atoms in total. The maximum absolute atomic E-state index is 12.3. The Balaban J connectivity index is 1.72. The number of halogens is 2. The summed E-state index contributed by atoms with van der Waals surface area (Å²) in [5.74, 6) is -0.784. The summed E-state index contributed by atoms with van der Waals surface area (Å²) in [5.41, 5.74) is 2.18. The van der Waals surface area contributed by atoms with Crippen LogP contribution in [0.25, 0.3) is 0 Å². The molecule has 0 bridgehead atoms. The Hall–Kier alpha value is -3.29. The highest BCUT2D eigenvalue weighted by Crippen LogP contribution is 2.23. The van der Waals surface area contributed by atoms with Crippen molar-refractivity contribution in [1.82, 2.24) is 10.6 Å². The molecule has 3 rings (SSSR count). The fraction of sp³-hybridized carbons (Fsp3) is 0.211. The summed E-state index contributed by atoms with van der Waals surface area (Å²) >= 11 is 0. The summed E-state index contributed by atoms with van der Waals surface area (Å²) in [6.07, 6.45) is 0.183. The van der Waals surface area contributed by atoms with E-state index >= 15 is 0 Å². The Morgan fingerprint density at radius 1 is 1.19 bits per heavy atom. The van der Waals surface area contributed by atoms with E-state index in [-0.39, 0.29) is 29.6 Å². The van der Waals surface area contributed by atoms with Gasteiger partial charge in [-0.15, -0.1) is 0 Å². The molecule has 0 spiro atoms. The van der Waals surface area contributed by atoms with Crippen LogP contribution in [-0.4, -0.2) is 24.4 Å². The number of nitrogens with one attached hydrogen (secondary N) is 2. The number of ether oxygens (including phenoxy) is 1. The number of rotatable bonds is 4. The van der Waals surface area contributed by atoms with Gasteiger partial charge in [0.15, 0.2) is 0 Å². The molecule has 0 aromatic heterocycles. The molecule has 1 atom stereocenters. The van der Waals surface area contributed by atoms with Crippen LogP contribution in [0.1, 0.15) is 33.9 Å². The maximum Gasteiger partial charge on any atom is 0.387 e. The fourth-order valence-electron chi connectivity index (χ4n) is 2.60. The monoisotopic (exact) mass is 373 g/mol.